The van der Waals surface area contributed by atoms with Crippen LogP contribution in [0.5, 0.6) is 0 Å². The lowest BCUT2D eigenvalue weighted by atomic mass is 10.2. The predicted molar refractivity (Wildman–Crippen MR) is 64.1 cm³/mol. The molecule has 1 aliphatic heterocycles. The summed E-state index contributed by atoms with van der Waals surface area (Å²) in [7, 11) is 2.19. The van der Waals surface area contributed by atoms with Gasteiger partial charge < -0.3 is 5.73 Å². The van der Waals surface area contributed by atoms with E-state index < -0.39 is 0 Å². The number of aryl methyl sites for hydroxylation is 1. The fourth-order valence-corrected chi connectivity index (χ4v) is 3.25. The van der Waals surface area contributed by atoms with Gasteiger partial charge in [0, 0.05) is 11.1 Å². The molecule has 2 rings (SSSR count). The van der Waals surface area contributed by atoms with E-state index in [1.807, 2.05) is 17.5 Å². The van der Waals surface area contributed by atoms with Crippen molar-refractivity contribution in [3.8, 4) is 0 Å². The highest BCUT2D eigenvalue weighted by Crippen LogP contribution is 2.32. The third-order valence-corrected chi connectivity index (χ3v) is 4.16. The highest BCUT2D eigenvalue weighted by molar-refractivity contribution is 7.11. The van der Waals surface area contributed by atoms with Crippen molar-refractivity contribution in [3.05, 3.63) is 16.1 Å². The van der Waals surface area contributed by atoms with Gasteiger partial charge in [0.1, 0.15) is 5.01 Å². The number of hydrogen-bond acceptors (Lipinski definition) is 4. The summed E-state index contributed by atoms with van der Waals surface area (Å²) < 4.78 is 0. The molecule has 2 heterocycles. The zero-order valence-corrected chi connectivity index (χ0v) is 10.1. The second-order valence-corrected chi connectivity index (χ2v) is 5.34. The molecule has 1 aliphatic rings. The third kappa shape index (κ3) is 2.56. The maximum Gasteiger partial charge on any atom is 0.110 e. The van der Waals surface area contributed by atoms with Gasteiger partial charge in [-0.1, -0.05) is 0 Å². The molecule has 0 aliphatic carbocycles. The van der Waals surface area contributed by atoms with E-state index in [1.54, 1.807) is 0 Å². The topological polar surface area (TPSA) is 42.2 Å². The number of nitrogens with zero attached hydrogens (tertiary/aromatic N) is 2. The van der Waals surface area contributed by atoms with Gasteiger partial charge >= 0.3 is 0 Å². The van der Waals surface area contributed by atoms with Crippen LogP contribution in [-0.2, 0) is 6.42 Å². The molecule has 1 saturated heterocycles. The number of hydrogen-bond donors (Lipinski definition) is 1. The summed E-state index contributed by atoms with van der Waals surface area (Å²) in [6.07, 6.45) is 6.76. The zero-order chi connectivity index (χ0) is 10.7. The number of rotatable bonds is 4. The number of likely N-dealkylation sites (tertiary alicyclic amines) is 1. The lowest BCUT2D eigenvalue weighted by Gasteiger charge is -2.16. The molecule has 2 N–H and O–H groups in total. The fraction of sp³-hybridized carbons (Fsp3) is 0.727. The number of nitrogens with two attached hydrogens (primary N) is 1. The van der Waals surface area contributed by atoms with Crippen LogP contribution < -0.4 is 5.73 Å². The smallest absolute Gasteiger partial charge is 0.110 e. The van der Waals surface area contributed by atoms with Crippen molar-refractivity contribution < 1.29 is 0 Å². The Balaban J connectivity index is 1.99. The standard InChI is InChI=1S/C11H19N3S/c1-14-7-3-5-10(14)11-13-8-9(15-11)4-2-6-12/h8,10H,2-7,12H2,1H3. The molecule has 4 heteroatoms. The van der Waals surface area contributed by atoms with Crippen molar-refractivity contribution >= 4 is 11.3 Å². The van der Waals surface area contributed by atoms with Crippen LogP contribution in [0.2, 0.25) is 0 Å². The molecular formula is C11H19N3S. The summed E-state index contributed by atoms with van der Waals surface area (Å²) >= 11 is 1.87. The SMILES string of the molecule is CN1CCCC1c1ncc(CCCN)s1. The molecule has 1 aromatic heterocycles. The molecule has 1 unspecified atom stereocenters. The number of thiazole rings is 1. The van der Waals surface area contributed by atoms with E-state index in [0.29, 0.717) is 6.04 Å². The molecule has 0 saturated carbocycles. The van der Waals surface area contributed by atoms with Crippen molar-refractivity contribution in [3.63, 3.8) is 0 Å². The molecule has 0 radical (unpaired) electrons. The predicted octanol–water partition coefficient (Wildman–Crippen LogP) is 1.80. The van der Waals surface area contributed by atoms with E-state index in [9.17, 15) is 0 Å². The first-order valence-electron chi connectivity index (χ1n) is 5.66. The highest BCUT2D eigenvalue weighted by Gasteiger charge is 2.24. The minimum atomic E-state index is 0.571. The Hall–Kier alpha value is -0.450. The molecular weight excluding hydrogens is 206 g/mol. The zero-order valence-electron chi connectivity index (χ0n) is 9.28. The summed E-state index contributed by atoms with van der Waals surface area (Å²) in [5.41, 5.74) is 5.50. The van der Waals surface area contributed by atoms with Crippen molar-refractivity contribution in [2.75, 3.05) is 20.1 Å². The fourth-order valence-electron chi connectivity index (χ4n) is 2.09. The summed E-state index contributed by atoms with van der Waals surface area (Å²) in [6.45, 7) is 1.99. The number of aromatic nitrogens is 1. The molecule has 3 nitrogen and oxygen atoms in total. The molecule has 84 valence electrons. The first kappa shape index (κ1) is 11.0. The summed E-state index contributed by atoms with van der Waals surface area (Å²) in [5.74, 6) is 0. The van der Waals surface area contributed by atoms with Crippen LogP contribution in [0.15, 0.2) is 6.20 Å². The maximum atomic E-state index is 5.50. The minimum absolute atomic E-state index is 0.571. The van der Waals surface area contributed by atoms with Gasteiger partial charge in [-0.25, -0.2) is 4.98 Å². The van der Waals surface area contributed by atoms with Gasteiger partial charge in [0.15, 0.2) is 0 Å². The average molecular weight is 225 g/mol. The lowest BCUT2D eigenvalue weighted by molar-refractivity contribution is 0.316. The van der Waals surface area contributed by atoms with Crippen LogP contribution in [0.25, 0.3) is 0 Å². The summed E-state index contributed by atoms with van der Waals surface area (Å²) in [6, 6.07) is 0.571. The Bertz CT molecular complexity index is 311. The Morgan fingerprint density at radius 3 is 3.20 bits per heavy atom. The van der Waals surface area contributed by atoms with Crippen LogP contribution in [0.1, 0.15) is 35.2 Å². The van der Waals surface area contributed by atoms with E-state index >= 15 is 0 Å². The second-order valence-electron chi connectivity index (χ2n) is 4.20. The van der Waals surface area contributed by atoms with Crippen LogP contribution in [0, 0.1) is 0 Å². The van der Waals surface area contributed by atoms with Crippen molar-refractivity contribution in [1.29, 1.82) is 0 Å². The Kier molecular flexibility index (Phi) is 3.72. The van der Waals surface area contributed by atoms with Crippen LogP contribution >= 0.6 is 11.3 Å². The van der Waals surface area contributed by atoms with Gasteiger partial charge in [0.25, 0.3) is 0 Å². The Morgan fingerprint density at radius 1 is 1.67 bits per heavy atom. The van der Waals surface area contributed by atoms with Crippen molar-refractivity contribution in [1.82, 2.24) is 9.88 Å². The molecule has 1 fully saturated rings. The van der Waals surface area contributed by atoms with E-state index in [1.165, 1.54) is 29.3 Å². The van der Waals surface area contributed by atoms with E-state index in [4.69, 9.17) is 5.73 Å². The van der Waals surface area contributed by atoms with Gasteiger partial charge in [-0.2, -0.15) is 0 Å². The molecule has 0 amide bonds. The van der Waals surface area contributed by atoms with Crippen molar-refractivity contribution in [2.45, 2.75) is 31.7 Å². The average Bonchev–Trinajstić information content (AvgIpc) is 2.83. The minimum Gasteiger partial charge on any atom is -0.330 e. The molecule has 15 heavy (non-hydrogen) atoms. The molecule has 0 aromatic carbocycles. The van der Waals surface area contributed by atoms with E-state index in [0.717, 1.165) is 19.4 Å². The van der Waals surface area contributed by atoms with Gasteiger partial charge in [-0.3, -0.25) is 4.90 Å². The highest BCUT2D eigenvalue weighted by atomic mass is 32.1. The van der Waals surface area contributed by atoms with Gasteiger partial charge in [-0.15, -0.1) is 11.3 Å². The van der Waals surface area contributed by atoms with E-state index in [-0.39, 0.29) is 0 Å². The van der Waals surface area contributed by atoms with Gasteiger partial charge in [0.2, 0.25) is 0 Å². The molecule has 0 spiro atoms. The first-order chi connectivity index (χ1) is 7.31. The summed E-state index contributed by atoms with van der Waals surface area (Å²) in [5, 5.41) is 1.29. The second kappa shape index (κ2) is 5.05. The van der Waals surface area contributed by atoms with Crippen LogP contribution in [0.3, 0.4) is 0 Å². The van der Waals surface area contributed by atoms with E-state index in [2.05, 4.69) is 16.9 Å². The van der Waals surface area contributed by atoms with Gasteiger partial charge in [-0.05, 0) is 45.8 Å². The largest absolute Gasteiger partial charge is 0.330 e. The molecule has 1 aromatic rings. The Morgan fingerprint density at radius 2 is 2.53 bits per heavy atom. The molecule has 0 bridgehead atoms. The molecule has 1 atom stereocenters. The normalized spacial score (nSPS) is 22.4. The van der Waals surface area contributed by atoms with Crippen LogP contribution in [0.4, 0.5) is 0 Å². The van der Waals surface area contributed by atoms with Crippen molar-refractivity contribution in [2.24, 2.45) is 5.73 Å². The quantitative estimate of drug-likeness (QED) is 0.849. The first-order valence-corrected chi connectivity index (χ1v) is 6.48. The lowest BCUT2D eigenvalue weighted by Crippen LogP contribution is -2.17. The van der Waals surface area contributed by atoms with Crippen LogP contribution in [-0.4, -0.2) is 30.0 Å². The monoisotopic (exact) mass is 225 g/mol. The summed E-state index contributed by atoms with van der Waals surface area (Å²) in [4.78, 5) is 8.33. The Labute approximate surface area is 95.3 Å². The third-order valence-electron chi connectivity index (χ3n) is 3.00. The maximum absolute atomic E-state index is 5.50. The van der Waals surface area contributed by atoms with Gasteiger partial charge in [0.05, 0.1) is 6.04 Å².